The number of rotatable bonds is 1. The van der Waals surface area contributed by atoms with Crippen molar-refractivity contribution in [3.63, 3.8) is 0 Å². The third-order valence-corrected chi connectivity index (χ3v) is 2.72. The van der Waals surface area contributed by atoms with Gasteiger partial charge in [0.1, 0.15) is 6.04 Å². The molecular weight excluding hydrogens is 142 g/mol. The number of hydrogen-bond donors (Lipinski definition) is 1. The molecular formula is C8H13NO2. The molecule has 1 heterocycles. The molecule has 3 heteroatoms. The maximum atomic E-state index is 11.0. The zero-order valence-corrected chi connectivity index (χ0v) is 6.67. The monoisotopic (exact) mass is 155 g/mol. The van der Waals surface area contributed by atoms with Gasteiger partial charge >= 0.3 is 5.97 Å². The van der Waals surface area contributed by atoms with Crippen LogP contribution in [0.15, 0.2) is 0 Å². The molecule has 1 saturated carbocycles. The average Bonchev–Trinajstić information content (AvgIpc) is 2.80. The van der Waals surface area contributed by atoms with Crippen molar-refractivity contribution in [1.82, 2.24) is 5.32 Å². The SMILES string of the molecule is COC(=O)C1CC2CC2CN1. The van der Waals surface area contributed by atoms with Crippen molar-refractivity contribution in [3.8, 4) is 0 Å². The predicted octanol–water partition coefficient (Wildman–Crippen LogP) is 0.157. The van der Waals surface area contributed by atoms with Crippen LogP contribution in [0, 0.1) is 11.8 Å². The first-order valence-corrected chi connectivity index (χ1v) is 4.12. The van der Waals surface area contributed by atoms with Crippen LogP contribution in [0.2, 0.25) is 0 Å². The minimum absolute atomic E-state index is 0.0243. The Balaban J connectivity index is 1.89. The smallest absolute Gasteiger partial charge is 0.322 e. The molecule has 0 aromatic rings. The van der Waals surface area contributed by atoms with E-state index in [0.717, 1.165) is 24.8 Å². The molecule has 2 aliphatic rings. The van der Waals surface area contributed by atoms with E-state index < -0.39 is 0 Å². The molecule has 3 atom stereocenters. The highest BCUT2D eigenvalue weighted by Crippen LogP contribution is 2.44. The van der Waals surface area contributed by atoms with Crippen LogP contribution in [0.25, 0.3) is 0 Å². The minimum Gasteiger partial charge on any atom is -0.468 e. The van der Waals surface area contributed by atoms with Crippen molar-refractivity contribution in [3.05, 3.63) is 0 Å². The van der Waals surface area contributed by atoms with Crippen molar-refractivity contribution in [1.29, 1.82) is 0 Å². The Labute approximate surface area is 66.1 Å². The molecule has 2 rings (SSSR count). The lowest BCUT2D eigenvalue weighted by molar-refractivity contribution is -0.143. The van der Waals surface area contributed by atoms with E-state index in [4.69, 9.17) is 0 Å². The second-order valence-corrected chi connectivity index (χ2v) is 3.48. The molecule has 1 aliphatic carbocycles. The van der Waals surface area contributed by atoms with E-state index in [1.165, 1.54) is 13.5 Å². The second-order valence-electron chi connectivity index (χ2n) is 3.48. The minimum atomic E-state index is -0.102. The molecule has 0 amide bonds. The maximum Gasteiger partial charge on any atom is 0.322 e. The molecule has 11 heavy (non-hydrogen) atoms. The summed E-state index contributed by atoms with van der Waals surface area (Å²) in [4.78, 5) is 11.0. The molecule has 0 radical (unpaired) electrons. The first-order valence-electron chi connectivity index (χ1n) is 4.12. The number of hydrogen-bond acceptors (Lipinski definition) is 3. The van der Waals surface area contributed by atoms with Gasteiger partial charge in [0, 0.05) is 0 Å². The zero-order chi connectivity index (χ0) is 7.84. The van der Waals surface area contributed by atoms with Gasteiger partial charge < -0.3 is 10.1 Å². The Morgan fingerprint density at radius 2 is 2.27 bits per heavy atom. The van der Waals surface area contributed by atoms with E-state index in [1.807, 2.05) is 0 Å². The van der Waals surface area contributed by atoms with Gasteiger partial charge in [0.2, 0.25) is 0 Å². The second kappa shape index (κ2) is 2.48. The number of esters is 1. The Kier molecular flexibility index (Phi) is 1.60. The molecule has 1 aliphatic heterocycles. The highest BCUT2D eigenvalue weighted by molar-refractivity contribution is 5.75. The molecule has 3 unspecified atom stereocenters. The fraction of sp³-hybridized carbons (Fsp3) is 0.875. The van der Waals surface area contributed by atoms with Crippen LogP contribution < -0.4 is 5.32 Å². The summed E-state index contributed by atoms with van der Waals surface area (Å²) in [5.41, 5.74) is 0. The molecule has 1 saturated heterocycles. The molecule has 3 nitrogen and oxygen atoms in total. The van der Waals surface area contributed by atoms with Crippen molar-refractivity contribution >= 4 is 5.97 Å². The standard InChI is InChI=1S/C8H13NO2/c1-11-8(10)7-3-5-2-6(5)4-9-7/h5-7,9H,2-4H2,1H3. The van der Waals surface area contributed by atoms with Gasteiger partial charge in [-0.25, -0.2) is 0 Å². The number of carbonyl (C=O) groups excluding carboxylic acids is 1. The summed E-state index contributed by atoms with van der Waals surface area (Å²) in [5.74, 6) is 1.56. The molecule has 0 bridgehead atoms. The van der Waals surface area contributed by atoms with Crippen LogP contribution in [0.1, 0.15) is 12.8 Å². The van der Waals surface area contributed by atoms with Crippen LogP contribution in [-0.4, -0.2) is 25.7 Å². The summed E-state index contributed by atoms with van der Waals surface area (Å²) in [7, 11) is 1.45. The molecule has 0 aromatic carbocycles. The molecule has 62 valence electrons. The van der Waals surface area contributed by atoms with Crippen LogP contribution in [0.3, 0.4) is 0 Å². The summed E-state index contributed by atoms with van der Waals surface area (Å²) in [6, 6.07) is -0.0243. The van der Waals surface area contributed by atoms with Crippen LogP contribution in [-0.2, 0) is 9.53 Å². The predicted molar refractivity (Wildman–Crippen MR) is 40.0 cm³/mol. The number of fused-ring (bicyclic) bond motifs is 1. The summed E-state index contributed by atoms with van der Waals surface area (Å²) in [5, 5.41) is 3.19. The maximum absolute atomic E-state index is 11.0. The fourth-order valence-corrected chi connectivity index (χ4v) is 1.85. The molecule has 1 N–H and O–H groups in total. The third-order valence-electron chi connectivity index (χ3n) is 2.72. The summed E-state index contributed by atoms with van der Waals surface area (Å²) in [6.45, 7) is 1.00. The van der Waals surface area contributed by atoms with Crippen molar-refractivity contribution in [2.75, 3.05) is 13.7 Å². The first kappa shape index (κ1) is 7.10. The van der Waals surface area contributed by atoms with Crippen molar-refractivity contribution < 1.29 is 9.53 Å². The highest BCUT2D eigenvalue weighted by Gasteiger charge is 2.44. The highest BCUT2D eigenvalue weighted by atomic mass is 16.5. The van der Waals surface area contributed by atoms with E-state index in [2.05, 4.69) is 10.1 Å². The third kappa shape index (κ3) is 1.25. The van der Waals surface area contributed by atoms with E-state index >= 15 is 0 Å². The fourth-order valence-electron chi connectivity index (χ4n) is 1.85. The van der Waals surface area contributed by atoms with Gasteiger partial charge in [-0.05, 0) is 31.2 Å². The topological polar surface area (TPSA) is 38.3 Å². The van der Waals surface area contributed by atoms with Gasteiger partial charge in [0.15, 0.2) is 0 Å². The summed E-state index contributed by atoms with van der Waals surface area (Å²) >= 11 is 0. The van der Waals surface area contributed by atoms with E-state index in [1.54, 1.807) is 0 Å². The van der Waals surface area contributed by atoms with Crippen LogP contribution >= 0.6 is 0 Å². The number of ether oxygens (including phenoxy) is 1. The Bertz CT molecular complexity index is 181. The quantitative estimate of drug-likeness (QED) is 0.548. The number of carbonyl (C=O) groups is 1. The number of piperidine rings is 1. The van der Waals surface area contributed by atoms with Gasteiger partial charge in [0.05, 0.1) is 7.11 Å². The van der Waals surface area contributed by atoms with Gasteiger partial charge in [-0.1, -0.05) is 0 Å². The van der Waals surface area contributed by atoms with Gasteiger partial charge in [0.25, 0.3) is 0 Å². The van der Waals surface area contributed by atoms with E-state index in [9.17, 15) is 4.79 Å². The van der Waals surface area contributed by atoms with Crippen LogP contribution in [0.5, 0.6) is 0 Å². The largest absolute Gasteiger partial charge is 0.468 e. The zero-order valence-electron chi connectivity index (χ0n) is 6.67. The van der Waals surface area contributed by atoms with E-state index in [0.29, 0.717) is 0 Å². The van der Waals surface area contributed by atoms with Gasteiger partial charge in [-0.15, -0.1) is 0 Å². The first-order chi connectivity index (χ1) is 5.31. The lowest BCUT2D eigenvalue weighted by Gasteiger charge is -2.20. The molecule has 0 spiro atoms. The Hall–Kier alpha value is -0.570. The lowest BCUT2D eigenvalue weighted by atomic mass is 10.1. The Morgan fingerprint density at radius 3 is 2.91 bits per heavy atom. The van der Waals surface area contributed by atoms with E-state index in [-0.39, 0.29) is 12.0 Å². The van der Waals surface area contributed by atoms with Crippen LogP contribution in [0.4, 0.5) is 0 Å². The summed E-state index contributed by atoms with van der Waals surface area (Å²) in [6.07, 6.45) is 2.29. The number of methoxy groups -OCH3 is 1. The Morgan fingerprint density at radius 1 is 1.45 bits per heavy atom. The molecule has 2 fully saturated rings. The summed E-state index contributed by atoms with van der Waals surface area (Å²) < 4.78 is 4.66. The van der Waals surface area contributed by atoms with Gasteiger partial charge in [-0.2, -0.15) is 0 Å². The average molecular weight is 155 g/mol. The van der Waals surface area contributed by atoms with Crippen molar-refractivity contribution in [2.45, 2.75) is 18.9 Å². The normalized spacial score (nSPS) is 41.0. The lowest BCUT2D eigenvalue weighted by Crippen LogP contribution is -2.42. The number of nitrogens with one attached hydrogen (secondary N) is 1. The van der Waals surface area contributed by atoms with Crippen molar-refractivity contribution in [2.24, 2.45) is 11.8 Å². The van der Waals surface area contributed by atoms with Gasteiger partial charge in [-0.3, -0.25) is 4.79 Å². The molecule has 0 aromatic heterocycles.